The first-order valence-electron chi connectivity index (χ1n) is 5.46. The van der Waals surface area contributed by atoms with Crippen molar-refractivity contribution in [2.75, 3.05) is 19.6 Å². The fourth-order valence-corrected chi connectivity index (χ4v) is 2.73. The van der Waals surface area contributed by atoms with Crippen LogP contribution in [0.1, 0.15) is 28.0 Å². The molecule has 2 N–H and O–H groups in total. The third kappa shape index (κ3) is 2.10. The lowest BCUT2D eigenvalue weighted by molar-refractivity contribution is 0.0781. The summed E-state index contributed by atoms with van der Waals surface area (Å²) in [6.45, 7) is 6.26. The van der Waals surface area contributed by atoms with E-state index in [-0.39, 0.29) is 11.3 Å². The Kier molecular flexibility index (Phi) is 2.99. The van der Waals surface area contributed by atoms with Crippen molar-refractivity contribution in [1.82, 2.24) is 9.88 Å². The molecule has 0 spiro atoms. The largest absolute Gasteiger partial charge is 0.337 e. The first-order chi connectivity index (χ1) is 7.54. The molecule has 1 aromatic heterocycles. The van der Waals surface area contributed by atoms with Gasteiger partial charge in [-0.3, -0.25) is 4.79 Å². The molecule has 0 saturated carbocycles. The number of hydrogen-bond acceptors (Lipinski definition) is 4. The summed E-state index contributed by atoms with van der Waals surface area (Å²) in [5.41, 5.74) is 5.82. The maximum Gasteiger partial charge on any atom is 0.265 e. The number of aromatic nitrogens is 1. The maximum absolute atomic E-state index is 12.1. The number of likely N-dealkylation sites (tertiary alicyclic amines) is 1. The van der Waals surface area contributed by atoms with Crippen LogP contribution >= 0.6 is 11.3 Å². The molecule has 5 heteroatoms. The molecule has 0 aliphatic carbocycles. The van der Waals surface area contributed by atoms with Crippen molar-refractivity contribution in [3.63, 3.8) is 0 Å². The van der Waals surface area contributed by atoms with Gasteiger partial charge in [-0.05, 0) is 25.3 Å². The zero-order chi connectivity index (χ0) is 11.8. The predicted molar refractivity (Wildman–Crippen MR) is 64.5 cm³/mol. The SMILES string of the molecule is Cc1ncc(C(=O)N2CCC(C)(CN)C2)s1. The fraction of sp³-hybridized carbons (Fsp3) is 0.636. The molecule has 1 saturated heterocycles. The minimum Gasteiger partial charge on any atom is -0.337 e. The number of hydrogen-bond donors (Lipinski definition) is 1. The molecular formula is C11H17N3OS. The Morgan fingerprint density at radius 1 is 1.75 bits per heavy atom. The molecule has 2 rings (SSSR count). The van der Waals surface area contributed by atoms with Gasteiger partial charge in [0.2, 0.25) is 0 Å². The van der Waals surface area contributed by atoms with Crippen LogP contribution in [0.25, 0.3) is 0 Å². The predicted octanol–water partition coefficient (Wildman–Crippen LogP) is 1.26. The van der Waals surface area contributed by atoms with Crippen LogP contribution in [-0.2, 0) is 0 Å². The molecule has 0 radical (unpaired) electrons. The van der Waals surface area contributed by atoms with E-state index >= 15 is 0 Å². The van der Waals surface area contributed by atoms with Crippen molar-refractivity contribution < 1.29 is 4.79 Å². The number of carbonyl (C=O) groups is 1. The van der Waals surface area contributed by atoms with Gasteiger partial charge in [-0.2, -0.15) is 0 Å². The molecule has 88 valence electrons. The molecule has 1 aliphatic heterocycles. The van der Waals surface area contributed by atoms with Gasteiger partial charge in [0.15, 0.2) is 0 Å². The maximum atomic E-state index is 12.1. The van der Waals surface area contributed by atoms with Crippen LogP contribution in [0.5, 0.6) is 0 Å². The smallest absolute Gasteiger partial charge is 0.265 e. The van der Waals surface area contributed by atoms with Crippen molar-refractivity contribution >= 4 is 17.2 Å². The first-order valence-corrected chi connectivity index (χ1v) is 6.27. The standard InChI is InChI=1S/C11H17N3OS/c1-8-13-5-9(16-8)10(15)14-4-3-11(2,6-12)7-14/h5H,3-4,6-7,12H2,1-2H3. The van der Waals surface area contributed by atoms with Crippen LogP contribution in [0.15, 0.2) is 6.20 Å². The van der Waals surface area contributed by atoms with E-state index in [9.17, 15) is 4.79 Å². The minimum atomic E-state index is 0.0927. The highest BCUT2D eigenvalue weighted by atomic mass is 32.1. The van der Waals surface area contributed by atoms with E-state index < -0.39 is 0 Å². The average Bonchev–Trinajstić information content (AvgIpc) is 2.85. The second-order valence-electron chi connectivity index (χ2n) is 4.74. The number of nitrogens with two attached hydrogens (primary N) is 1. The van der Waals surface area contributed by atoms with E-state index in [0.717, 1.165) is 29.4 Å². The second-order valence-corrected chi connectivity index (χ2v) is 5.97. The van der Waals surface area contributed by atoms with Crippen LogP contribution in [0.3, 0.4) is 0 Å². The molecule has 1 atom stereocenters. The lowest BCUT2D eigenvalue weighted by Crippen LogP contribution is -2.34. The highest BCUT2D eigenvalue weighted by Crippen LogP contribution is 2.30. The van der Waals surface area contributed by atoms with Crippen LogP contribution in [0, 0.1) is 12.3 Å². The lowest BCUT2D eigenvalue weighted by Gasteiger charge is -2.22. The monoisotopic (exact) mass is 239 g/mol. The van der Waals surface area contributed by atoms with Crippen LogP contribution in [0.4, 0.5) is 0 Å². The van der Waals surface area contributed by atoms with E-state index in [0.29, 0.717) is 6.54 Å². The molecule has 1 amide bonds. The Labute approximate surface area is 99.5 Å². The third-order valence-electron chi connectivity index (χ3n) is 3.17. The highest BCUT2D eigenvalue weighted by molar-refractivity contribution is 7.13. The van der Waals surface area contributed by atoms with Crippen LogP contribution in [0.2, 0.25) is 0 Å². The van der Waals surface area contributed by atoms with Crippen molar-refractivity contribution in [3.8, 4) is 0 Å². The molecule has 0 bridgehead atoms. The number of nitrogens with zero attached hydrogens (tertiary/aromatic N) is 2. The highest BCUT2D eigenvalue weighted by Gasteiger charge is 2.35. The normalized spacial score (nSPS) is 25.1. The Morgan fingerprint density at radius 3 is 3.00 bits per heavy atom. The summed E-state index contributed by atoms with van der Waals surface area (Å²) in [6, 6.07) is 0. The molecule has 1 aliphatic rings. The summed E-state index contributed by atoms with van der Waals surface area (Å²) < 4.78 is 0. The summed E-state index contributed by atoms with van der Waals surface area (Å²) >= 11 is 1.46. The molecule has 1 fully saturated rings. The summed E-state index contributed by atoms with van der Waals surface area (Å²) in [6.07, 6.45) is 2.66. The average molecular weight is 239 g/mol. The number of rotatable bonds is 2. The van der Waals surface area contributed by atoms with Crippen LogP contribution < -0.4 is 5.73 Å². The zero-order valence-electron chi connectivity index (χ0n) is 9.69. The van der Waals surface area contributed by atoms with E-state index in [1.165, 1.54) is 11.3 Å². The van der Waals surface area contributed by atoms with Gasteiger partial charge in [0.25, 0.3) is 5.91 Å². The Morgan fingerprint density at radius 2 is 2.50 bits per heavy atom. The number of aryl methyl sites for hydroxylation is 1. The fourth-order valence-electron chi connectivity index (χ4n) is 1.98. The number of carbonyl (C=O) groups excluding carboxylic acids is 1. The Balaban J connectivity index is 2.08. The van der Waals surface area contributed by atoms with Crippen molar-refractivity contribution in [2.24, 2.45) is 11.1 Å². The quantitative estimate of drug-likeness (QED) is 0.845. The number of amides is 1. The van der Waals surface area contributed by atoms with Gasteiger partial charge in [-0.25, -0.2) is 4.98 Å². The Bertz CT molecular complexity index is 404. The molecule has 16 heavy (non-hydrogen) atoms. The molecule has 4 nitrogen and oxygen atoms in total. The second kappa shape index (κ2) is 4.14. The van der Waals surface area contributed by atoms with Gasteiger partial charge in [-0.1, -0.05) is 6.92 Å². The summed E-state index contributed by atoms with van der Waals surface area (Å²) in [7, 11) is 0. The van der Waals surface area contributed by atoms with Gasteiger partial charge in [0.1, 0.15) is 4.88 Å². The summed E-state index contributed by atoms with van der Waals surface area (Å²) in [5.74, 6) is 0.0998. The topological polar surface area (TPSA) is 59.2 Å². The molecule has 1 aromatic rings. The van der Waals surface area contributed by atoms with Gasteiger partial charge in [-0.15, -0.1) is 11.3 Å². The van der Waals surface area contributed by atoms with Crippen molar-refractivity contribution in [2.45, 2.75) is 20.3 Å². The van der Waals surface area contributed by atoms with E-state index in [2.05, 4.69) is 11.9 Å². The van der Waals surface area contributed by atoms with Crippen molar-refractivity contribution in [1.29, 1.82) is 0 Å². The lowest BCUT2D eigenvalue weighted by atomic mass is 9.90. The van der Waals surface area contributed by atoms with E-state index in [4.69, 9.17) is 5.73 Å². The van der Waals surface area contributed by atoms with E-state index in [1.54, 1.807) is 6.20 Å². The van der Waals surface area contributed by atoms with E-state index in [1.807, 2.05) is 11.8 Å². The zero-order valence-corrected chi connectivity index (χ0v) is 10.5. The number of thiazole rings is 1. The molecule has 0 aromatic carbocycles. The van der Waals surface area contributed by atoms with Crippen LogP contribution in [-0.4, -0.2) is 35.4 Å². The van der Waals surface area contributed by atoms with Gasteiger partial charge < -0.3 is 10.6 Å². The molecule has 1 unspecified atom stereocenters. The Hall–Kier alpha value is -0.940. The van der Waals surface area contributed by atoms with Crippen molar-refractivity contribution in [3.05, 3.63) is 16.1 Å². The molecule has 2 heterocycles. The first kappa shape index (κ1) is 11.5. The van der Waals surface area contributed by atoms with Gasteiger partial charge in [0, 0.05) is 13.1 Å². The minimum absolute atomic E-state index is 0.0927. The third-order valence-corrected chi connectivity index (χ3v) is 4.07. The van der Waals surface area contributed by atoms with Gasteiger partial charge in [0.05, 0.1) is 11.2 Å². The summed E-state index contributed by atoms with van der Waals surface area (Å²) in [4.78, 5) is 18.9. The summed E-state index contributed by atoms with van der Waals surface area (Å²) in [5, 5.41) is 0.934. The van der Waals surface area contributed by atoms with Gasteiger partial charge >= 0.3 is 0 Å². The molecular weight excluding hydrogens is 222 g/mol.